The van der Waals surface area contributed by atoms with Crippen LogP contribution in [0, 0.1) is 17.2 Å². The van der Waals surface area contributed by atoms with Crippen molar-refractivity contribution in [3.8, 4) is 0 Å². The van der Waals surface area contributed by atoms with Gasteiger partial charge in [-0.15, -0.1) is 0 Å². The molecule has 210 valence electrons. The van der Waals surface area contributed by atoms with Crippen molar-refractivity contribution in [2.24, 2.45) is 11.3 Å². The maximum atomic E-state index is 14.3. The van der Waals surface area contributed by atoms with Crippen LogP contribution in [0.15, 0.2) is 42.6 Å². The molecule has 0 saturated carbocycles. The van der Waals surface area contributed by atoms with Crippen molar-refractivity contribution in [2.75, 3.05) is 26.7 Å². The molecular formula is C28H32F4N4O3. The summed E-state index contributed by atoms with van der Waals surface area (Å²) in [6.45, 7) is 4.68. The molecule has 11 heteroatoms. The van der Waals surface area contributed by atoms with E-state index in [1.54, 1.807) is 43.0 Å². The highest BCUT2D eigenvalue weighted by atomic mass is 19.4. The number of hydrogen-bond donors (Lipinski definition) is 1. The second-order valence-electron chi connectivity index (χ2n) is 10.8. The summed E-state index contributed by atoms with van der Waals surface area (Å²) in [5, 5.41) is 2.46. The van der Waals surface area contributed by atoms with Crippen LogP contribution in [0.4, 0.5) is 17.6 Å². The first kappa shape index (κ1) is 28.5. The number of hydrogen-bond acceptors (Lipinski definition) is 4. The topological polar surface area (TPSA) is 82.6 Å². The lowest BCUT2D eigenvalue weighted by molar-refractivity contribution is -0.145. The van der Waals surface area contributed by atoms with Gasteiger partial charge < -0.3 is 15.1 Å². The second-order valence-corrected chi connectivity index (χ2v) is 10.8. The summed E-state index contributed by atoms with van der Waals surface area (Å²) in [4.78, 5) is 47.3. The van der Waals surface area contributed by atoms with Gasteiger partial charge in [-0.3, -0.25) is 19.4 Å². The van der Waals surface area contributed by atoms with Crippen LogP contribution in [-0.2, 0) is 15.8 Å². The Morgan fingerprint density at radius 2 is 1.74 bits per heavy atom. The molecule has 4 rings (SSSR count). The predicted molar refractivity (Wildman–Crippen MR) is 135 cm³/mol. The van der Waals surface area contributed by atoms with Crippen molar-refractivity contribution in [1.29, 1.82) is 0 Å². The van der Waals surface area contributed by atoms with Crippen LogP contribution in [-0.4, -0.2) is 65.2 Å². The Morgan fingerprint density at radius 3 is 2.33 bits per heavy atom. The number of amides is 3. The van der Waals surface area contributed by atoms with Gasteiger partial charge in [0.15, 0.2) is 0 Å². The monoisotopic (exact) mass is 548 g/mol. The number of likely N-dealkylation sites (N-methyl/N-ethyl adjacent to an activating group) is 1. The van der Waals surface area contributed by atoms with Gasteiger partial charge in [0.05, 0.1) is 22.7 Å². The largest absolute Gasteiger partial charge is 0.416 e. The molecule has 2 aliphatic heterocycles. The molecule has 0 aliphatic carbocycles. The minimum absolute atomic E-state index is 0.00448. The van der Waals surface area contributed by atoms with Gasteiger partial charge in [-0.25, -0.2) is 4.39 Å². The van der Waals surface area contributed by atoms with E-state index in [1.165, 1.54) is 0 Å². The summed E-state index contributed by atoms with van der Waals surface area (Å²) in [5.74, 6) is -3.43. The van der Waals surface area contributed by atoms with Gasteiger partial charge in [-0.05, 0) is 60.9 Å². The van der Waals surface area contributed by atoms with Crippen molar-refractivity contribution in [3.63, 3.8) is 0 Å². The van der Waals surface area contributed by atoms with Gasteiger partial charge in [0, 0.05) is 32.9 Å². The quantitative estimate of drug-likeness (QED) is 0.567. The molecule has 39 heavy (non-hydrogen) atoms. The van der Waals surface area contributed by atoms with Crippen LogP contribution in [0.2, 0.25) is 0 Å². The van der Waals surface area contributed by atoms with E-state index in [9.17, 15) is 31.9 Å². The molecule has 1 aromatic heterocycles. The number of nitrogens with zero attached hydrogens (tertiary/aromatic N) is 3. The SMILES string of the molecule is CC(C)[C@@H](NC(=O)c1cc(C(F)(F)F)ccc1F)C(=O)N1CCC2(CCN(C)C(=O)C2c2ccccn2)CC1. The van der Waals surface area contributed by atoms with Crippen LogP contribution < -0.4 is 5.32 Å². The number of aromatic nitrogens is 1. The maximum absolute atomic E-state index is 14.3. The minimum Gasteiger partial charge on any atom is -0.345 e. The molecule has 2 aliphatic rings. The summed E-state index contributed by atoms with van der Waals surface area (Å²) in [6.07, 6.45) is -1.21. The third-order valence-electron chi connectivity index (χ3n) is 7.99. The smallest absolute Gasteiger partial charge is 0.345 e. The molecule has 7 nitrogen and oxygen atoms in total. The summed E-state index contributed by atoms with van der Waals surface area (Å²) in [7, 11) is 1.77. The van der Waals surface area contributed by atoms with Crippen molar-refractivity contribution in [3.05, 3.63) is 65.2 Å². The Hall–Kier alpha value is -3.50. The van der Waals surface area contributed by atoms with Crippen LogP contribution in [0.3, 0.4) is 0 Å². The number of rotatable bonds is 5. The Bertz CT molecular complexity index is 1230. The van der Waals surface area contributed by atoms with E-state index < -0.39 is 52.8 Å². The summed E-state index contributed by atoms with van der Waals surface area (Å²) < 4.78 is 53.6. The molecule has 3 amide bonds. The number of pyridine rings is 1. The van der Waals surface area contributed by atoms with E-state index >= 15 is 0 Å². The summed E-state index contributed by atoms with van der Waals surface area (Å²) in [5.41, 5.74) is -1.60. The highest BCUT2D eigenvalue weighted by Gasteiger charge is 2.50. The standard InChI is InChI=1S/C28H32F4N4O3/c1-17(2)23(34-24(37)19-16-18(28(30,31)32)7-8-20(19)29)26(39)36-14-10-27(11-15-36)9-13-35(3)25(38)22(27)21-6-4-5-12-33-21/h4-8,12,16-17,22-23H,9-11,13-15H2,1-3H3,(H,34,37)/t22?,23-/m1/s1. The zero-order valence-corrected chi connectivity index (χ0v) is 22.1. The number of carbonyl (C=O) groups excluding carboxylic acids is 3. The first-order chi connectivity index (χ1) is 18.3. The first-order valence-corrected chi connectivity index (χ1v) is 13.0. The van der Waals surface area contributed by atoms with Crippen molar-refractivity contribution in [1.82, 2.24) is 20.1 Å². The fourth-order valence-electron chi connectivity index (χ4n) is 5.63. The molecule has 2 aromatic rings. The molecular weight excluding hydrogens is 516 g/mol. The number of halogens is 4. The molecule has 2 fully saturated rings. The van der Waals surface area contributed by atoms with Crippen LogP contribution in [0.1, 0.15) is 60.6 Å². The lowest BCUT2D eigenvalue weighted by Crippen LogP contribution is -2.57. The zero-order valence-electron chi connectivity index (χ0n) is 22.1. The Labute approximate surface area is 224 Å². The maximum Gasteiger partial charge on any atom is 0.416 e. The van der Waals surface area contributed by atoms with Crippen LogP contribution >= 0.6 is 0 Å². The van der Waals surface area contributed by atoms with Crippen molar-refractivity contribution >= 4 is 17.7 Å². The van der Waals surface area contributed by atoms with Crippen LogP contribution in [0.5, 0.6) is 0 Å². The fourth-order valence-corrected chi connectivity index (χ4v) is 5.63. The fraction of sp³-hybridized carbons (Fsp3) is 0.500. The average molecular weight is 549 g/mol. The Kier molecular flexibility index (Phi) is 7.99. The third kappa shape index (κ3) is 5.77. The highest BCUT2D eigenvalue weighted by Crippen LogP contribution is 2.50. The van der Waals surface area contributed by atoms with Gasteiger partial charge in [0.1, 0.15) is 11.9 Å². The first-order valence-electron chi connectivity index (χ1n) is 13.0. The molecule has 1 N–H and O–H groups in total. The van der Waals surface area contributed by atoms with Gasteiger partial charge in [0.25, 0.3) is 5.91 Å². The molecule has 2 atom stereocenters. The van der Waals surface area contributed by atoms with Gasteiger partial charge in [-0.1, -0.05) is 19.9 Å². The second kappa shape index (κ2) is 10.9. The molecule has 3 heterocycles. The van der Waals surface area contributed by atoms with Crippen molar-refractivity contribution in [2.45, 2.75) is 51.2 Å². The van der Waals surface area contributed by atoms with E-state index in [0.717, 1.165) is 6.42 Å². The predicted octanol–water partition coefficient (Wildman–Crippen LogP) is 4.25. The molecule has 1 unspecified atom stereocenters. The number of nitrogens with one attached hydrogen (secondary N) is 1. The number of carbonyl (C=O) groups is 3. The Balaban J connectivity index is 1.50. The highest BCUT2D eigenvalue weighted by molar-refractivity contribution is 5.98. The minimum atomic E-state index is -4.75. The lowest BCUT2D eigenvalue weighted by atomic mass is 9.63. The van der Waals surface area contributed by atoms with E-state index in [1.807, 2.05) is 12.1 Å². The molecule has 1 aromatic carbocycles. The van der Waals surface area contributed by atoms with E-state index in [2.05, 4.69) is 10.3 Å². The van der Waals surface area contributed by atoms with Gasteiger partial charge >= 0.3 is 6.18 Å². The number of piperidine rings is 2. The van der Waals surface area contributed by atoms with E-state index in [-0.39, 0.29) is 11.3 Å². The molecule has 2 saturated heterocycles. The summed E-state index contributed by atoms with van der Waals surface area (Å²) >= 11 is 0. The van der Waals surface area contributed by atoms with Crippen molar-refractivity contribution < 1.29 is 31.9 Å². The summed E-state index contributed by atoms with van der Waals surface area (Å²) in [6, 6.07) is 6.03. The van der Waals surface area contributed by atoms with E-state index in [0.29, 0.717) is 56.4 Å². The van der Waals surface area contributed by atoms with E-state index in [4.69, 9.17) is 0 Å². The molecule has 0 radical (unpaired) electrons. The molecule has 0 bridgehead atoms. The van der Waals surface area contributed by atoms with Gasteiger partial charge in [0.2, 0.25) is 11.8 Å². The third-order valence-corrected chi connectivity index (χ3v) is 7.99. The van der Waals surface area contributed by atoms with Gasteiger partial charge in [-0.2, -0.15) is 13.2 Å². The Morgan fingerprint density at radius 1 is 1.08 bits per heavy atom. The number of likely N-dealkylation sites (tertiary alicyclic amines) is 2. The number of alkyl halides is 3. The lowest BCUT2D eigenvalue weighted by Gasteiger charge is -2.50. The average Bonchev–Trinajstić information content (AvgIpc) is 2.90. The van der Waals surface area contributed by atoms with Crippen LogP contribution in [0.25, 0.3) is 0 Å². The normalized spacial score (nSPS) is 20.3. The molecule has 1 spiro atoms. The zero-order chi connectivity index (χ0) is 28.5. The number of benzene rings is 1.